The fourth-order valence-electron chi connectivity index (χ4n) is 2.44. The molecule has 0 aliphatic heterocycles. The fraction of sp³-hybridized carbons (Fsp3) is 0.200. The van der Waals surface area contributed by atoms with Gasteiger partial charge in [0.1, 0.15) is 5.75 Å². The number of carbonyl (C=O) groups is 1. The molecule has 3 rings (SSSR count). The van der Waals surface area contributed by atoms with Gasteiger partial charge in [-0.05, 0) is 36.2 Å². The van der Waals surface area contributed by atoms with Crippen molar-refractivity contribution in [1.82, 2.24) is 9.55 Å². The van der Waals surface area contributed by atoms with Crippen molar-refractivity contribution < 1.29 is 9.53 Å². The maximum absolute atomic E-state index is 12.5. The van der Waals surface area contributed by atoms with E-state index in [2.05, 4.69) is 11.9 Å². The van der Waals surface area contributed by atoms with Crippen LogP contribution in [-0.2, 0) is 6.54 Å². The summed E-state index contributed by atoms with van der Waals surface area (Å²) in [4.78, 5) is 16.6. The van der Waals surface area contributed by atoms with Gasteiger partial charge < -0.3 is 9.30 Å². The molecule has 2 aromatic carbocycles. The molecule has 0 saturated carbocycles. The van der Waals surface area contributed by atoms with E-state index >= 15 is 0 Å². The van der Waals surface area contributed by atoms with E-state index in [1.54, 1.807) is 12.5 Å². The predicted molar refractivity (Wildman–Crippen MR) is 93.4 cm³/mol. The minimum atomic E-state index is 0.0197. The van der Waals surface area contributed by atoms with Gasteiger partial charge in [-0.3, -0.25) is 4.79 Å². The smallest absolute Gasteiger partial charge is 0.193 e. The van der Waals surface area contributed by atoms with Crippen molar-refractivity contribution in [3.05, 3.63) is 83.9 Å². The van der Waals surface area contributed by atoms with Crippen molar-refractivity contribution >= 4 is 5.78 Å². The van der Waals surface area contributed by atoms with Crippen LogP contribution in [-0.4, -0.2) is 21.9 Å². The van der Waals surface area contributed by atoms with Gasteiger partial charge in [0.2, 0.25) is 0 Å². The zero-order valence-corrected chi connectivity index (χ0v) is 13.7. The molecule has 3 aromatic rings. The number of hydrogen-bond donors (Lipinski definition) is 0. The van der Waals surface area contributed by atoms with Gasteiger partial charge in [0, 0.05) is 30.1 Å². The molecule has 0 radical (unpaired) electrons. The van der Waals surface area contributed by atoms with Crippen molar-refractivity contribution in [1.29, 1.82) is 0 Å². The van der Waals surface area contributed by atoms with Crippen LogP contribution in [0.3, 0.4) is 0 Å². The van der Waals surface area contributed by atoms with Crippen molar-refractivity contribution in [2.45, 2.75) is 19.9 Å². The quantitative estimate of drug-likeness (QED) is 0.619. The van der Waals surface area contributed by atoms with Crippen LogP contribution in [0, 0.1) is 0 Å². The Labute approximate surface area is 141 Å². The Hall–Kier alpha value is -2.88. The first kappa shape index (κ1) is 16.0. The average Bonchev–Trinajstić information content (AvgIpc) is 3.13. The summed E-state index contributed by atoms with van der Waals surface area (Å²) in [6.07, 6.45) is 6.42. The summed E-state index contributed by atoms with van der Waals surface area (Å²) >= 11 is 0. The maximum Gasteiger partial charge on any atom is 0.193 e. The number of aromatic nitrogens is 2. The highest BCUT2D eigenvalue weighted by molar-refractivity contribution is 6.09. The van der Waals surface area contributed by atoms with E-state index in [0.29, 0.717) is 17.7 Å². The van der Waals surface area contributed by atoms with Crippen LogP contribution in [0.1, 0.15) is 34.8 Å². The Bertz CT molecular complexity index is 776. The highest BCUT2D eigenvalue weighted by Crippen LogP contribution is 2.16. The lowest BCUT2D eigenvalue weighted by molar-refractivity contribution is 0.103. The second-order valence-corrected chi connectivity index (χ2v) is 5.63. The summed E-state index contributed by atoms with van der Waals surface area (Å²) in [5, 5.41) is 0. The fourth-order valence-corrected chi connectivity index (χ4v) is 2.44. The third-order valence-corrected chi connectivity index (χ3v) is 3.73. The van der Waals surface area contributed by atoms with E-state index in [1.165, 1.54) is 0 Å². The third kappa shape index (κ3) is 3.90. The van der Waals surface area contributed by atoms with Gasteiger partial charge in [-0.1, -0.05) is 31.2 Å². The predicted octanol–water partition coefficient (Wildman–Crippen LogP) is 3.95. The maximum atomic E-state index is 12.5. The van der Waals surface area contributed by atoms with Crippen LogP contribution < -0.4 is 4.74 Å². The molecular formula is C20H20N2O2. The van der Waals surface area contributed by atoms with Crippen molar-refractivity contribution in [3.63, 3.8) is 0 Å². The number of imidazole rings is 1. The monoisotopic (exact) mass is 320 g/mol. The molecule has 0 atom stereocenters. The van der Waals surface area contributed by atoms with E-state index in [0.717, 1.165) is 24.3 Å². The summed E-state index contributed by atoms with van der Waals surface area (Å²) in [6, 6.07) is 15.0. The lowest BCUT2D eigenvalue weighted by Crippen LogP contribution is -2.03. The first-order chi connectivity index (χ1) is 11.8. The van der Waals surface area contributed by atoms with E-state index < -0.39 is 0 Å². The van der Waals surface area contributed by atoms with Crippen molar-refractivity contribution in [2.75, 3.05) is 6.61 Å². The van der Waals surface area contributed by atoms with E-state index in [4.69, 9.17) is 4.74 Å². The second kappa shape index (κ2) is 7.59. The highest BCUT2D eigenvalue weighted by atomic mass is 16.5. The lowest BCUT2D eigenvalue weighted by Gasteiger charge is -2.07. The van der Waals surface area contributed by atoms with E-state index in [1.807, 2.05) is 59.3 Å². The van der Waals surface area contributed by atoms with Gasteiger partial charge >= 0.3 is 0 Å². The van der Waals surface area contributed by atoms with Crippen LogP contribution in [0.4, 0.5) is 0 Å². The molecule has 0 unspecified atom stereocenters. The first-order valence-corrected chi connectivity index (χ1v) is 8.08. The Morgan fingerprint density at radius 3 is 2.29 bits per heavy atom. The standard InChI is InChI=1S/C20H20N2O2/c1-2-13-24-19-9-7-18(8-10-19)20(23)17-5-3-16(4-6-17)14-22-12-11-21-15-22/h3-12,15H,2,13-14H2,1H3. The van der Waals surface area contributed by atoms with Gasteiger partial charge in [0.15, 0.2) is 5.78 Å². The van der Waals surface area contributed by atoms with Crippen molar-refractivity contribution in [3.8, 4) is 5.75 Å². The summed E-state index contributed by atoms with van der Waals surface area (Å²) in [5.74, 6) is 0.815. The normalized spacial score (nSPS) is 10.5. The molecule has 24 heavy (non-hydrogen) atoms. The first-order valence-electron chi connectivity index (χ1n) is 8.08. The van der Waals surface area contributed by atoms with Crippen LogP contribution >= 0.6 is 0 Å². The third-order valence-electron chi connectivity index (χ3n) is 3.73. The molecule has 0 aliphatic rings. The minimum absolute atomic E-state index is 0.0197. The number of benzene rings is 2. The molecule has 0 saturated heterocycles. The van der Waals surface area contributed by atoms with Crippen LogP contribution in [0.15, 0.2) is 67.3 Å². The number of hydrogen-bond acceptors (Lipinski definition) is 3. The summed E-state index contributed by atoms with van der Waals surface area (Å²) < 4.78 is 7.53. The highest BCUT2D eigenvalue weighted by Gasteiger charge is 2.09. The largest absolute Gasteiger partial charge is 0.494 e. The molecule has 0 bridgehead atoms. The Balaban J connectivity index is 1.68. The topological polar surface area (TPSA) is 44.1 Å². The van der Waals surface area contributed by atoms with Gasteiger partial charge in [-0.25, -0.2) is 4.98 Å². The molecule has 1 aromatic heterocycles. The zero-order valence-electron chi connectivity index (χ0n) is 13.7. The van der Waals surface area contributed by atoms with Gasteiger partial charge in [0.05, 0.1) is 12.9 Å². The zero-order chi connectivity index (χ0) is 16.8. The molecule has 4 nitrogen and oxygen atoms in total. The summed E-state index contributed by atoms with van der Waals surface area (Å²) in [5.41, 5.74) is 2.49. The summed E-state index contributed by atoms with van der Waals surface area (Å²) in [7, 11) is 0. The molecular weight excluding hydrogens is 300 g/mol. The molecule has 122 valence electrons. The van der Waals surface area contributed by atoms with Crippen LogP contribution in [0.25, 0.3) is 0 Å². The average molecular weight is 320 g/mol. The molecule has 0 amide bonds. The molecule has 0 fully saturated rings. The summed E-state index contributed by atoms with van der Waals surface area (Å²) in [6.45, 7) is 3.50. The van der Waals surface area contributed by atoms with E-state index in [9.17, 15) is 4.79 Å². The number of nitrogens with zero attached hydrogens (tertiary/aromatic N) is 2. The van der Waals surface area contributed by atoms with Crippen LogP contribution in [0.5, 0.6) is 5.75 Å². The van der Waals surface area contributed by atoms with Crippen LogP contribution in [0.2, 0.25) is 0 Å². The van der Waals surface area contributed by atoms with E-state index in [-0.39, 0.29) is 5.78 Å². The number of carbonyl (C=O) groups excluding carboxylic acids is 1. The van der Waals surface area contributed by atoms with Gasteiger partial charge in [-0.2, -0.15) is 0 Å². The number of rotatable bonds is 7. The van der Waals surface area contributed by atoms with Crippen molar-refractivity contribution in [2.24, 2.45) is 0 Å². The second-order valence-electron chi connectivity index (χ2n) is 5.63. The molecule has 1 heterocycles. The number of ketones is 1. The molecule has 0 aliphatic carbocycles. The SMILES string of the molecule is CCCOc1ccc(C(=O)c2ccc(Cn3ccnc3)cc2)cc1. The van der Waals surface area contributed by atoms with Gasteiger partial charge in [0.25, 0.3) is 0 Å². The Morgan fingerprint density at radius 1 is 1.04 bits per heavy atom. The minimum Gasteiger partial charge on any atom is -0.494 e. The number of ether oxygens (including phenoxy) is 1. The Kier molecular flexibility index (Phi) is 5.06. The van der Waals surface area contributed by atoms with Gasteiger partial charge in [-0.15, -0.1) is 0 Å². The molecule has 0 spiro atoms. The Morgan fingerprint density at radius 2 is 1.71 bits per heavy atom. The molecule has 4 heteroatoms. The lowest BCUT2D eigenvalue weighted by atomic mass is 10.0. The molecule has 0 N–H and O–H groups in total.